The molecule has 0 spiro atoms. The lowest BCUT2D eigenvalue weighted by Crippen LogP contribution is -2.49. The van der Waals surface area contributed by atoms with E-state index in [1.165, 1.54) is 11.8 Å². The first-order valence-corrected chi connectivity index (χ1v) is 5.03. The van der Waals surface area contributed by atoms with Gasteiger partial charge >= 0.3 is 6.09 Å². The fourth-order valence-corrected chi connectivity index (χ4v) is 1.40. The van der Waals surface area contributed by atoms with Gasteiger partial charge in [-0.05, 0) is 20.8 Å². The Bertz CT molecular complexity index is 234. The van der Waals surface area contributed by atoms with Crippen LogP contribution in [0.2, 0.25) is 0 Å². The highest BCUT2D eigenvalue weighted by molar-refractivity contribution is 8.16. The zero-order valence-electron chi connectivity index (χ0n) is 7.92. The Morgan fingerprint density at radius 3 is 2.54 bits per heavy atom. The summed E-state index contributed by atoms with van der Waals surface area (Å²) in [4.78, 5) is 21.9. The number of rotatable bonds is 1. The van der Waals surface area contributed by atoms with Crippen molar-refractivity contribution in [3.63, 3.8) is 0 Å². The highest BCUT2D eigenvalue weighted by Gasteiger charge is 2.32. The van der Waals surface area contributed by atoms with Crippen LogP contribution in [0.4, 0.5) is 4.79 Å². The quantitative estimate of drug-likeness (QED) is 0.694. The number of carbonyl (C=O) groups excluding carboxylic acids is 2. The van der Waals surface area contributed by atoms with Gasteiger partial charge < -0.3 is 10.1 Å². The second kappa shape index (κ2) is 3.57. The van der Waals surface area contributed by atoms with Crippen molar-refractivity contribution in [1.82, 2.24) is 5.32 Å². The summed E-state index contributed by atoms with van der Waals surface area (Å²) < 4.78 is 4.98. The lowest BCUT2D eigenvalue weighted by molar-refractivity contribution is -0.113. The predicted octanol–water partition coefficient (Wildman–Crippen LogP) is 1.15. The van der Waals surface area contributed by atoms with Gasteiger partial charge in [-0.15, -0.1) is 0 Å². The number of alkyl carbamates (subject to hydrolysis) is 1. The van der Waals surface area contributed by atoms with E-state index in [2.05, 4.69) is 5.32 Å². The molecule has 1 heterocycles. The fourth-order valence-electron chi connectivity index (χ4n) is 0.785. The van der Waals surface area contributed by atoms with Gasteiger partial charge in [-0.2, -0.15) is 0 Å². The Morgan fingerprint density at radius 2 is 2.23 bits per heavy atom. The van der Waals surface area contributed by atoms with Gasteiger partial charge in [0.2, 0.25) is 5.12 Å². The summed E-state index contributed by atoms with van der Waals surface area (Å²) in [5, 5.41) is 2.50. The van der Waals surface area contributed by atoms with Crippen molar-refractivity contribution in [2.24, 2.45) is 0 Å². The van der Waals surface area contributed by atoms with Crippen LogP contribution in [0.15, 0.2) is 0 Å². The molecular formula is C8H13NO3S. The van der Waals surface area contributed by atoms with E-state index in [1.807, 2.05) is 0 Å². The van der Waals surface area contributed by atoms with Crippen LogP contribution in [0.1, 0.15) is 20.8 Å². The largest absolute Gasteiger partial charge is 0.444 e. The Kier molecular flexibility index (Phi) is 2.85. The van der Waals surface area contributed by atoms with Crippen molar-refractivity contribution in [2.75, 3.05) is 5.75 Å². The van der Waals surface area contributed by atoms with Gasteiger partial charge in [0.15, 0.2) is 0 Å². The third-order valence-electron chi connectivity index (χ3n) is 1.37. The molecule has 1 saturated heterocycles. The molecule has 1 amide bonds. The molecule has 0 aromatic carbocycles. The van der Waals surface area contributed by atoms with Gasteiger partial charge in [0.05, 0.1) is 0 Å². The highest BCUT2D eigenvalue weighted by atomic mass is 32.2. The molecule has 0 aromatic rings. The summed E-state index contributed by atoms with van der Waals surface area (Å²) >= 11 is 1.22. The van der Waals surface area contributed by atoms with Crippen molar-refractivity contribution in [3.8, 4) is 0 Å². The molecular weight excluding hydrogens is 190 g/mol. The van der Waals surface area contributed by atoms with Crippen molar-refractivity contribution >= 4 is 23.0 Å². The molecule has 0 saturated carbocycles. The lowest BCUT2D eigenvalue weighted by Gasteiger charge is -2.26. The average Bonchev–Trinajstić information content (AvgIpc) is 1.94. The molecule has 0 radical (unpaired) electrons. The summed E-state index contributed by atoms with van der Waals surface area (Å²) in [6.07, 6.45) is -0.522. The third kappa shape index (κ3) is 3.26. The van der Waals surface area contributed by atoms with Crippen molar-refractivity contribution in [1.29, 1.82) is 0 Å². The van der Waals surface area contributed by atoms with E-state index >= 15 is 0 Å². The standard InChI is InChI=1S/C8H13NO3S/c1-8(2,3)12-7(11)9-5-4-13-6(5)10/h5H,4H2,1-3H3,(H,9,11)/t5-/m0/s1. The fraction of sp³-hybridized carbons (Fsp3) is 0.750. The maximum Gasteiger partial charge on any atom is 0.408 e. The topological polar surface area (TPSA) is 55.4 Å². The normalized spacial score (nSPS) is 22.1. The second-order valence-electron chi connectivity index (χ2n) is 3.83. The number of hydrogen-bond acceptors (Lipinski definition) is 4. The van der Waals surface area contributed by atoms with Crippen LogP contribution in [0.5, 0.6) is 0 Å². The molecule has 5 heteroatoms. The van der Waals surface area contributed by atoms with Crippen LogP contribution in [-0.4, -0.2) is 28.6 Å². The van der Waals surface area contributed by atoms with Crippen LogP contribution in [0.25, 0.3) is 0 Å². The number of nitrogens with one attached hydrogen (secondary N) is 1. The molecule has 1 rings (SSSR count). The maximum atomic E-state index is 11.1. The predicted molar refractivity (Wildman–Crippen MR) is 50.6 cm³/mol. The zero-order chi connectivity index (χ0) is 10.1. The average molecular weight is 203 g/mol. The van der Waals surface area contributed by atoms with E-state index in [0.717, 1.165) is 0 Å². The van der Waals surface area contributed by atoms with Gasteiger partial charge in [0.25, 0.3) is 0 Å². The van der Waals surface area contributed by atoms with Crippen LogP contribution < -0.4 is 5.32 Å². The minimum absolute atomic E-state index is 0.00543. The number of amides is 1. The van der Waals surface area contributed by atoms with Crippen LogP contribution in [-0.2, 0) is 9.53 Å². The van der Waals surface area contributed by atoms with Crippen LogP contribution in [0, 0.1) is 0 Å². The minimum atomic E-state index is -0.522. The van der Waals surface area contributed by atoms with E-state index in [-0.39, 0.29) is 11.2 Å². The molecule has 0 aromatic heterocycles. The molecule has 74 valence electrons. The molecule has 0 aliphatic carbocycles. The van der Waals surface area contributed by atoms with E-state index in [4.69, 9.17) is 4.74 Å². The van der Waals surface area contributed by atoms with Crippen LogP contribution >= 0.6 is 11.8 Å². The molecule has 1 aliphatic heterocycles. The molecule has 13 heavy (non-hydrogen) atoms. The van der Waals surface area contributed by atoms with Gasteiger partial charge in [-0.3, -0.25) is 4.79 Å². The Hall–Kier alpha value is -0.710. The molecule has 1 atom stereocenters. The summed E-state index contributed by atoms with van der Waals surface area (Å²) in [5.74, 6) is 0.651. The first-order chi connectivity index (χ1) is 5.88. The van der Waals surface area contributed by atoms with Crippen molar-refractivity contribution in [2.45, 2.75) is 32.4 Å². The summed E-state index contributed by atoms with van der Waals surface area (Å²) in [6.45, 7) is 5.35. The van der Waals surface area contributed by atoms with Crippen molar-refractivity contribution in [3.05, 3.63) is 0 Å². The van der Waals surface area contributed by atoms with Crippen molar-refractivity contribution < 1.29 is 14.3 Å². The van der Waals surface area contributed by atoms with E-state index in [0.29, 0.717) is 5.75 Å². The van der Waals surface area contributed by atoms with Gasteiger partial charge in [-0.1, -0.05) is 11.8 Å². The molecule has 1 aliphatic rings. The SMILES string of the molecule is CC(C)(C)OC(=O)N[C@H]1CSC1=O. The number of carbonyl (C=O) groups is 2. The molecule has 4 nitrogen and oxygen atoms in total. The Morgan fingerprint density at radius 1 is 1.62 bits per heavy atom. The highest BCUT2D eigenvalue weighted by Crippen LogP contribution is 2.20. The number of ether oxygens (including phenoxy) is 1. The molecule has 1 fully saturated rings. The maximum absolute atomic E-state index is 11.1. The summed E-state index contributed by atoms with van der Waals surface area (Å²) in [7, 11) is 0. The summed E-state index contributed by atoms with van der Waals surface area (Å²) in [5.41, 5.74) is -0.510. The van der Waals surface area contributed by atoms with E-state index in [1.54, 1.807) is 20.8 Å². The van der Waals surface area contributed by atoms with E-state index in [9.17, 15) is 9.59 Å². The number of thioether (sulfide) groups is 1. The Labute approximate surface area is 81.4 Å². The summed E-state index contributed by atoms with van der Waals surface area (Å²) in [6, 6.07) is -0.347. The monoisotopic (exact) mass is 203 g/mol. The first-order valence-electron chi connectivity index (χ1n) is 4.04. The third-order valence-corrected chi connectivity index (χ3v) is 2.44. The van der Waals surface area contributed by atoms with Gasteiger partial charge in [-0.25, -0.2) is 4.79 Å². The minimum Gasteiger partial charge on any atom is -0.444 e. The lowest BCUT2D eigenvalue weighted by atomic mass is 10.2. The second-order valence-corrected chi connectivity index (χ2v) is 4.85. The smallest absolute Gasteiger partial charge is 0.408 e. The Balaban J connectivity index is 2.29. The zero-order valence-corrected chi connectivity index (χ0v) is 8.73. The number of hydrogen-bond donors (Lipinski definition) is 1. The molecule has 1 N–H and O–H groups in total. The molecule has 0 bridgehead atoms. The van der Waals surface area contributed by atoms with E-state index < -0.39 is 11.7 Å². The van der Waals surface area contributed by atoms with Gasteiger partial charge in [0.1, 0.15) is 11.6 Å². The molecule has 0 unspecified atom stereocenters. The first kappa shape index (κ1) is 10.4. The van der Waals surface area contributed by atoms with Gasteiger partial charge in [0, 0.05) is 5.75 Å². The van der Waals surface area contributed by atoms with Crippen LogP contribution in [0.3, 0.4) is 0 Å².